The van der Waals surface area contributed by atoms with Crippen LogP contribution >= 0.6 is 12.4 Å². The molecule has 0 bridgehead atoms. The Morgan fingerprint density at radius 2 is 1.55 bits per heavy atom. The summed E-state index contributed by atoms with van der Waals surface area (Å²) in [5, 5.41) is 0. The van der Waals surface area contributed by atoms with Crippen molar-refractivity contribution < 1.29 is 4.79 Å². The summed E-state index contributed by atoms with van der Waals surface area (Å²) in [6.45, 7) is 4.17. The zero-order chi connectivity index (χ0) is 19.3. The third-order valence-electron chi connectivity index (χ3n) is 6.38. The van der Waals surface area contributed by atoms with Gasteiger partial charge in [0.25, 0.3) is 0 Å². The maximum Gasteiger partial charge on any atom is 0.244 e. The van der Waals surface area contributed by atoms with Crippen LogP contribution in [0.1, 0.15) is 42.3 Å². The molecule has 29 heavy (non-hydrogen) atoms. The van der Waals surface area contributed by atoms with Gasteiger partial charge in [0.2, 0.25) is 5.91 Å². The molecule has 1 unspecified atom stereocenters. The summed E-state index contributed by atoms with van der Waals surface area (Å²) in [5.74, 6) is 1.02. The molecule has 0 aliphatic carbocycles. The van der Waals surface area contributed by atoms with E-state index in [0.717, 1.165) is 44.6 Å². The zero-order valence-corrected chi connectivity index (χ0v) is 17.8. The van der Waals surface area contributed by atoms with Crippen LogP contribution in [0.4, 0.5) is 0 Å². The van der Waals surface area contributed by atoms with E-state index in [1.165, 1.54) is 12.0 Å². The summed E-state index contributed by atoms with van der Waals surface area (Å²) in [4.78, 5) is 18.0. The van der Waals surface area contributed by atoms with Crippen LogP contribution in [0.5, 0.6) is 0 Å². The molecule has 2 aromatic carbocycles. The number of carbonyl (C=O) groups is 1. The molecule has 0 aromatic heterocycles. The molecule has 2 aliphatic heterocycles. The van der Waals surface area contributed by atoms with Crippen molar-refractivity contribution in [2.75, 3.05) is 32.7 Å². The van der Waals surface area contributed by atoms with E-state index in [0.29, 0.717) is 18.4 Å². The van der Waals surface area contributed by atoms with Gasteiger partial charge in [0.1, 0.15) is 6.04 Å². The smallest absolute Gasteiger partial charge is 0.244 e. The van der Waals surface area contributed by atoms with Gasteiger partial charge < -0.3 is 10.6 Å². The number of nitrogens with two attached hydrogens (primary N) is 1. The Morgan fingerprint density at radius 3 is 2.17 bits per heavy atom. The average Bonchev–Trinajstić information content (AvgIpc) is 3.20. The third kappa shape index (κ3) is 4.82. The normalized spacial score (nSPS) is 23.4. The van der Waals surface area contributed by atoms with Gasteiger partial charge in [0.15, 0.2) is 0 Å². The lowest BCUT2D eigenvalue weighted by Crippen LogP contribution is -2.44. The number of hydrogen-bond acceptors (Lipinski definition) is 3. The van der Waals surface area contributed by atoms with Gasteiger partial charge in [-0.25, -0.2) is 0 Å². The number of piperidine rings is 1. The summed E-state index contributed by atoms with van der Waals surface area (Å²) in [6, 6.07) is 20.7. The van der Waals surface area contributed by atoms with Gasteiger partial charge in [-0.15, -0.1) is 12.4 Å². The maximum atomic E-state index is 13.6. The number of halogens is 1. The standard InChI is InChI=1S/C24H31N3O.ClH/c25-16-21-17-27(18-22(21)19-10-4-1-5-11-19)23(20-12-6-2-7-13-20)24(28)26-14-8-3-9-15-26;/h1-2,4-7,10-13,21-23H,3,8-9,14-18,25H2;1H/t21-,22+,23?;/m1./s1. The first-order valence-electron chi connectivity index (χ1n) is 10.6. The summed E-state index contributed by atoms with van der Waals surface area (Å²) < 4.78 is 0. The van der Waals surface area contributed by atoms with E-state index in [1.807, 2.05) is 18.2 Å². The molecule has 0 radical (unpaired) electrons. The number of benzene rings is 2. The molecule has 1 amide bonds. The highest BCUT2D eigenvalue weighted by Crippen LogP contribution is 2.37. The molecule has 2 aliphatic rings. The number of nitrogens with zero attached hydrogens (tertiary/aromatic N) is 2. The largest absolute Gasteiger partial charge is 0.341 e. The highest BCUT2D eigenvalue weighted by atomic mass is 35.5. The minimum atomic E-state index is -0.206. The molecule has 0 spiro atoms. The predicted molar refractivity (Wildman–Crippen MR) is 120 cm³/mol. The van der Waals surface area contributed by atoms with E-state index in [-0.39, 0.29) is 24.4 Å². The maximum absolute atomic E-state index is 13.6. The summed E-state index contributed by atoms with van der Waals surface area (Å²) in [6.07, 6.45) is 3.46. The lowest BCUT2D eigenvalue weighted by molar-refractivity contribution is -0.138. The molecule has 0 saturated carbocycles. The Hall–Kier alpha value is -1.88. The summed E-state index contributed by atoms with van der Waals surface area (Å²) in [5.41, 5.74) is 8.59. The molecule has 2 heterocycles. The van der Waals surface area contributed by atoms with Gasteiger partial charge in [0.05, 0.1) is 0 Å². The van der Waals surface area contributed by atoms with Crippen molar-refractivity contribution in [3.05, 3.63) is 71.8 Å². The Morgan fingerprint density at radius 1 is 0.931 bits per heavy atom. The van der Waals surface area contributed by atoms with Crippen molar-refractivity contribution in [2.45, 2.75) is 31.2 Å². The molecular formula is C24H32ClN3O. The first-order chi connectivity index (χ1) is 13.8. The van der Waals surface area contributed by atoms with E-state index in [4.69, 9.17) is 5.73 Å². The SMILES string of the molecule is Cl.NC[C@@H]1CN(C(C(=O)N2CCCCC2)c2ccccc2)C[C@H]1c1ccccc1. The van der Waals surface area contributed by atoms with Crippen molar-refractivity contribution in [1.29, 1.82) is 0 Å². The highest BCUT2D eigenvalue weighted by molar-refractivity contribution is 5.85. The van der Waals surface area contributed by atoms with Crippen LogP contribution in [-0.2, 0) is 4.79 Å². The minimum absolute atomic E-state index is 0. The molecular weight excluding hydrogens is 382 g/mol. The van der Waals surface area contributed by atoms with Crippen LogP contribution in [0, 0.1) is 5.92 Å². The third-order valence-corrected chi connectivity index (χ3v) is 6.38. The summed E-state index contributed by atoms with van der Waals surface area (Å²) >= 11 is 0. The molecule has 4 nitrogen and oxygen atoms in total. The van der Waals surface area contributed by atoms with Crippen LogP contribution in [0.2, 0.25) is 0 Å². The van der Waals surface area contributed by atoms with E-state index < -0.39 is 0 Å². The lowest BCUT2D eigenvalue weighted by Gasteiger charge is -2.35. The van der Waals surface area contributed by atoms with Crippen molar-refractivity contribution in [1.82, 2.24) is 9.80 Å². The monoisotopic (exact) mass is 413 g/mol. The molecule has 2 N–H and O–H groups in total. The Bertz CT molecular complexity index is 764. The number of hydrogen-bond donors (Lipinski definition) is 1. The highest BCUT2D eigenvalue weighted by Gasteiger charge is 2.40. The fourth-order valence-electron chi connectivity index (χ4n) is 4.86. The van der Waals surface area contributed by atoms with E-state index in [9.17, 15) is 4.79 Å². The molecule has 156 valence electrons. The number of rotatable bonds is 5. The van der Waals surface area contributed by atoms with Crippen LogP contribution in [0.3, 0.4) is 0 Å². The van der Waals surface area contributed by atoms with Gasteiger partial charge in [0, 0.05) is 32.1 Å². The van der Waals surface area contributed by atoms with Gasteiger partial charge >= 0.3 is 0 Å². The summed E-state index contributed by atoms with van der Waals surface area (Å²) in [7, 11) is 0. The number of carbonyl (C=O) groups excluding carboxylic acids is 1. The van der Waals surface area contributed by atoms with Crippen LogP contribution in [0.15, 0.2) is 60.7 Å². The Kier molecular flexibility index (Phi) is 7.70. The molecule has 2 aromatic rings. The van der Waals surface area contributed by atoms with Crippen molar-refractivity contribution in [3.63, 3.8) is 0 Å². The number of amides is 1. The fourth-order valence-corrected chi connectivity index (χ4v) is 4.86. The number of likely N-dealkylation sites (tertiary alicyclic amines) is 2. The van der Waals surface area contributed by atoms with Crippen LogP contribution in [-0.4, -0.2) is 48.4 Å². The first kappa shape index (κ1) is 21.8. The molecule has 3 atom stereocenters. The zero-order valence-electron chi connectivity index (χ0n) is 17.0. The first-order valence-corrected chi connectivity index (χ1v) is 10.6. The second kappa shape index (κ2) is 10.2. The lowest BCUT2D eigenvalue weighted by atomic mass is 9.89. The van der Waals surface area contributed by atoms with Crippen LogP contribution < -0.4 is 5.73 Å². The molecule has 2 fully saturated rings. The topological polar surface area (TPSA) is 49.6 Å². The van der Waals surface area contributed by atoms with Gasteiger partial charge in [-0.3, -0.25) is 9.69 Å². The van der Waals surface area contributed by atoms with E-state index in [1.54, 1.807) is 0 Å². The quantitative estimate of drug-likeness (QED) is 0.810. The van der Waals surface area contributed by atoms with Gasteiger partial charge in [-0.1, -0.05) is 60.7 Å². The molecule has 2 saturated heterocycles. The van der Waals surface area contributed by atoms with E-state index in [2.05, 4.69) is 52.3 Å². The van der Waals surface area contributed by atoms with Gasteiger partial charge in [-0.2, -0.15) is 0 Å². The van der Waals surface area contributed by atoms with Crippen molar-refractivity contribution in [2.24, 2.45) is 11.7 Å². The molecule has 4 rings (SSSR count). The fraction of sp³-hybridized carbons (Fsp3) is 0.458. The van der Waals surface area contributed by atoms with Crippen molar-refractivity contribution in [3.8, 4) is 0 Å². The van der Waals surface area contributed by atoms with Gasteiger partial charge in [-0.05, 0) is 42.9 Å². The second-order valence-corrected chi connectivity index (χ2v) is 8.17. The van der Waals surface area contributed by atoms with E-state index >= 15 is 0 Å². The minimum Gasteiger partial charge on any atom is -0.341 e. The molecule has 5 heteroatoms. The Balaban J connectivity index is 0.00000240. The Labute approximate surface area is 180 Å². The second-order valence-electron chi connectivity index (χ2n) is 8.17. The predicted octanol–water partition coefficient (Wildman–Crippen LogP) is 3.84. The van der Waals surface area contributed by atoms with Crippen LogP contribution in [0.25, 0.3) is 0 Å². The average molecular weight is 414 g/mol. The van der Waals surface area contributed by atoms with Crippen molar-refractivity contribution >= 4 is 18.3 Å².